The molecule has 0 saturated carbocycles. The fraction of sp³-hybridized carbons (Fsp3) is 0.667. The van der Waals surface area contributed by atoms with Gasteiger partial charge in [-0.05, 0) is 87.8 Å². The first-order valence-electron chi connectivity index (χ1n) is 11.5. The van der Waals surface area contributed by atoms with Crippen molar-refractivity contribution in [3.05, 3.63) is 34.4 Å². The fourth-order valence-corrected chi connectivity index (χ4v) is 4.74. The molecule has 1 fully saturated rings. The number of unbranched alkanes of at least 4 members (excludes halogenated alkanes) is 3. The second-order valence-corrected chi connectivity index (χ2v) is 9.32. The number of carboxylic acid groups (broad SMARTS) is 2. The molecule has 0 spiro atoms. The number of rotatable bonds is 12. The molecule has 31 heavy (non-hydrogen) atoms. The number of nitrogens with zero attached hydrogens (tertiary/aromatic N) is 1. The Morgan fingerprint density at radius 1 is 1.10 bits per heavy atom. The van der Waals surface area contributed by atoms with Crippen molar-refractivity contribution in [2.45, 2.75) is 82.6 Å². The van der Waals surface area contributed by atoms with Gasteiger partial charge in [0.15, 0.2) is 0 Å². The van der Waals surface area contributed by atoms with Crippen LogP contribution in [0.2, 0.25) is 0 Å². The van der Waals surface area contributed by atoms with Gasteiger partial charge in [-0.15, -0.1) is 11.6 Å². The lowest BCUT2D eigenvalue weighted by Crippen LogP contribution is -2.33. The fourth-order valence-electron chi connectivity index (χ4n) is 4.40. The van der Waals surface area contributed by atoms with Gasteiger partial charge in [0.25, 0.3) is 0 Å². The van der Waals surface area contributed by atoms with Crippen LogP contribution in [-0.2, 0) is 0 Å². The maximum Gasteiger partial charge on any atom is 0.335 e. The van der Waals surface area contributed by atoms with E-state index in [0.29, 0.717) is 5.56 Å². The van der Waals surface area contributed by atoms with Crippen molar-refractivity contribution >= 4 is 23.5 Å². The Morgan fingerprint density at radius 3 is 2.16 bits per heavy atom. The number of hydrogen-bond donors (Lipinski definition) is 3. The third-order valence-corrected chi connectivity index (χ3v) is 7.13. The predicted octanol–water partition coefficient (Wildman–Crippen LogP) is 4.87. The lowest BCUT2D eigenvalue weighted by Gasteiger charge is -2.32. The highest BCUT2D eigenvalue weighted by Gasteiger charge is 2.24. The molecule has 7 heteroatoms. The molecule has 0 amide bonds. The Labute approximate surface area is 190 Å². The maximum atomic E-state index is 11.5. The average molecular weight is 453 g/mol. The third-order valence-electron chi connectivity index (χ3n) is 6.59. The van der Waals surface area contributed by atoms with Gasteiger partial charge in [0, 0.05) is 11.4 Å². The average Bonchev–Trinajstić information content (AvgIpc) is 2.75. The smallest absolute Gasteiger partial charge is 0.335 e. The number of carboxylic acids is 2. The zero-order valence-corrected chi connectivity index (χ0v) is 19.5. The molecule has 1 heterocycles. The molecule has 0 aromatic heterocycles. The first-order chi connectivity index (χ1) is 14.7. The van der Waals surface area contributed by atoms with Crippen LogP contribution in [0.1, 0.15) is 96.1 Å². The Bertz CT molecular complexity index is 712. The van der Waals surface area contributed by atoms with Crippen LogP contribution in [0.5, 0.6) is 0 Å². The van der Waals surface area contributed by atoms with Crippen LogP contribution < -0.4 is 5.73 Å². The molecule has 4 N–H and O–H groups in total. The van der Waals surface area contributed by atoms with E-state index in [2.05, 4.69) is 11.8 Å². The zero-order valence-electron chi connectivity index (χ0n) is 18.8. The summed E-state index contributed by atoms with van der Waals surface area (Å²) in [6.45, 7) is 6.61. The van der Waals surface area contributed by atoms with Crippen molar-refractivity contribution in [3.63, 3.8) is 0 Å². The number of alkyl halides is 1. The molecule has 0 radical (unpaired) electrons. The van der Waals surface area contributed by atoms with E-state index in [0.717, 1.165) is 63.7 Å². The van der Waals surface area contributed by atoms with Gasteiger partial charge in [-0.2, -0.15) is 0 Å². The highest BCUT2D eigenvalue weighted by Crippen LogP contribution is 2.31. The second kappa shape index (κ2) is 12.4. The van der Waals surface area contributed by atoms with Gasteiger partial charge in [0.1, 0.15) is 0 Å². The standard InChI is InChI=1S/C24H37ClN2O4/c1-3-22(26)21(25)8-6-4-5-7-11-27-12-9-17(10-13-27)18-14-19(23(28)29)16(2)20(15-18)24(30)31/h14-15,17,21-22H,3-13,26H2,1-2H3,(H,28,29)(H,30,31). The number of hydrogen-bond acceptors (Lipinski definition) is 4. The summed E-state index contributed by atoms with van der Waals surface area (Å²) in [6, 6.07) is 3.42. The summed E-state index contributed by atoms with van der Waals surface area (Å²) in [6.07, 6.45) is 8.39. The van der Waals surface area contributed by atoms with Gasteiger partial charge in [-0.1, -0.05) is 26.2 Å². The largest absolute Gasteiger partial charge is 0.478 e. The van der Waals surface area contributed by atoms with E-state index in [4.69, 9.17) is 17.3 Å². The molecule has 1 aromatic rings. The predicted molar refractivity (Wildman–Crippen MR) is 125 cm³/mol. The van der Waals surface area contributed by atoms with E-state index < -0.39 is 11.9 Å². The summed E-state index contributed by atoms with van der Waals surface area (Å²) in [5, 5.41) is 19.0. The second-order valence-electron chi connectivity index (χ2n) is 8.76. The Balaban J connectivity index is 1.78. The minimum Gasteiger partial charge on any atom is -0.478 e. The van der Waals surface area contributed by atoms with Crippen molar-refractivity contribution < 1.29 is 19.8 Å². The van der Waals surface area contributed by atoms with Crippen LogP contribution in [-0.4, -0.2) is 58.1 Å². The van der Waals surface area contributed by atoms with Crippen LogP contribution in [0.15, 0.2) is 12.1 Å². The number of halogens is 1. The number of aromatic carboxylic acids is 2. The highest BCUT2D eigenvalue weighted by atomic mass is 35.5. The lowest BCUT2D eigenvalue weighted by atomic mass is 9.86. The van der Waals surface area contributed by atoms with E-state index in [-0.39, 0.29) is 28.5 Å². The summed E-state index contributed by atoms with van der Waals surface area (Å²) in [5.74, 6) is -1.94. The SMILES string of the molecule is CCC(N)C(Cl)CCCCCCN1CCC(c2cc(C(=O)O)c(C)c(C(=O)O)c2)CC1. The number of likely N-dealkylation sites (tertiary alicyclic amines) is 1. The molecule has 0 aliphatic carbocycles. The van der Waals surface area contributed by atoms with Crippen molar-refractivity contribution in [3.8, 4) is 0 Å². The summed E-state index contributed by atoms with van der Waals surface area (Å²) < 4.78 is 0. The summed E-state index contributed by atoms with van der Waals surface area (Å²) in [5.41, 5.74) is 7.30. The molecule has 1 aromatic carbocycles. The van der Waals surface area contributed by atoms with Crippen molar-refractivity contribution in [1.29, 1.82) is 0 Å². The van der Waals surface area contributed by atoms with Gasteiger partial charge < -0.3 is 20.8 Å². The van der Waals surface area contributed by atoms with Crippen molar-refractivity contribution in [2.75, 3.05) is 19.6 Å². The van der Waals surface area contributed by atoms with Crippen LogP contribution in [0.3, 0.4) is 0 Å². The first kappa shape index (κ1) is 25.6. The van der Waals surface area contributed by atoms with Crippen molar-refractivity contribution in [2.24, 2.45) is 5.73 Å². The number of carbonyl (C=O) groups is 2. The number of piperidine rings is 1. The van der Waals surface area contributed by atoms with E-state index in [1.807, 2.05) is 0 Å². The molecule has 0 bridgehead atoms. The van der Waals surface area contributed by atoms with E-state index >= 15 is 0 Å². The molecule has 2 unspecified atom stereocenters. The molecular weight excluding hydrogens is 416 g/mol. The first-order valence-corrected chi connectivity index (χ1v) is 11.9. The molecule has 1 aliphatic heterocycles. The molecule has 2 rings (SSSR count). The molecule has 1 aliphatic rings. The van der Waals surface area contributed by atoms with Crippen LogP contribution >= 0.6 is 11.6 Å². The zero-order chi connectivity index (χ0) is 23.0. The molecule has 6 nitrogen and oxygen atoms in total. The minimum atomic E-state index is -1.07. The van der Waals surface area contributed by atoms with Gasteiger partial charge in [-0.25, -0.2) is 9.59 Å². The van der Waals surface area contributed by atoms with E-state index in [1.165, 1.54) is 12.8 Å². The van der Waals surface area contributed by atoms with Crippen LogP contribution in [0, 0.1) is 6.92 Å². The van der Waals surface area contributed by atoms with E-state index in [9.17, 15) is 19.8 Å². The van der Waals surface area contributed by atoms with Gasteiger partial charge in [0.2, 0.25) is 0 Å². The monoisotopic (exact) mass is 452 g/mol. The van der Waals surface area contributed by atoms with Crippen LogP contribution in [0.4, 0.5) is 0 Å². The normalized spacial score (nSPS) is 17.4. The van der Waals surface area contributed by atoms with Crippen molar-refractivity contribution in [1.82, 2.24) is 4.90 Å². The van der Waals surface area contributed by atoms with Gasteiger partial charge >= 0.3 is 11.9 Å². The lowest BCUT2D eigenvalue weighted by molar-refractivity contribution is 0.0696. The number of nitrogens with two attached hydrogens (primary N) is 1. The Kier molecular flexibility index (Phi) is 10.3. The number of benzene rings is 1. The van der Waals surface area contributed by atoms with Gasteiger partial charge in [-0.3, -0.25) is 0 Å². The summed E-state index contributed by atoms with van der Waals surface area (Å²) >= 11 is 6.29. The Morgan fingerprint density at radius 2 is 1.65 bits per heavy atom. The molecule has 2 atom stereocenters. The third kappa shape index (κ3) is 7.48. The van der Waals surface area contributed by atoms with Crippen LogP contribution in [0.25, 0.3) is 0 Å². The topological polar surface area (TPSA) is 104 Å². The molecule has 1 saturated heterocycles. The van der Waals surface area contributed by atoms with Gasteiger partial charge in [0.05, 0.1) is 11.1 Å². The van der Waals surface area contributed by atoms with E-state index in [1.54, 1.807) is 19.1 Å². The summed E-state index contributed by atoms with van der Waals surface area (Å²) in [7, 11) is 0. The maximum absolute atomic E-state index is 11.5. The molecule has 174 valence electrons. The molecular formula is C24H37ClN2O4. The minimum absolute atomic E-state index is 0.0779. The Hall–Kier alpha value is -1.63. The highest BCUT2D eigenvalue weighted by molar-refractivity contribution is 6.21. The quantitative estimate of drug-likeness (QED) is 0.309. The summed E-state index contributed by atoms with van der Waals surface area (Å²) in [4.78, 5) is 25.6.